The van der Waals surface area contributed by atoms with Gasteiger partial charge in [-0.3, -0.25) is 14.5 Å². The molecule has 6 nitrogen and oxygen atoms in total. The highest BCUT2D eigenvalue weighted by atomic mass is 16.2. The molecule has 0 unspecified atom stereocenters. The Balaban J connectivity index is 2.19. The first-order valence-electron chi connectivity index (χ1n) is 10.5. The number of urea groups is 1. The second-order valence-corrected chi connectivity index (χ2v) is 9.31. The van der Waals surface area contributed by atoms with Crippen LogP contribution in [-0.4, -0.2) is 47.3 Å². The van der Waals surface area contributed by atoms with Crippen LogP contribution in [0.15, 0.2) is 24.3 Å². The molecule has 1 heterocycles. The van der Waals surface area contributed by atoms with Crippen LogP contribution in [0.1, 0.15) is 65.5 Å². The number of hydrogen-bond donors (Lipinski definition) is 1. The minimum absolute atomic E-state index is 0.199. The van der Waals surface area contributed by atoms with Crippen molar-refractivity contribution in [1.29, 1.82) is 0 Å². The molecular weight excluding hydrogens is 366 g/mol. The molecule has 1 aromatic carbocycles. The third-order valence-corrected chi connectivity index (χ3v) is 5.25. The van der Waals surface area contributed by atoms with Crippen molar-refractivity contribution in [3.63, 3.8) is 0 Å². The maximum Gasteiger partial charge on any atom is 0.325 e. The van der Waals surface area contributed by atoms with Crippen LogP contribution in [0.3, 0.4) is 0 Å². The average Bonchev–Trinajstić information content (AvgIpc) is 2.84. The lowest BCUT2D eigenvalue weighted by Crippen LogP contribution is -2.46. The molecule has 0 saturated carbocycles. The lowest BCUT2D eigenvalue weighted by Gasteiger charge is -2.28. The molecule has 1 fully saturated rings. The molecule has 2 rings (SSSR count). The van der Waals surface area contributed by atoms with E-state index in [1.54, 1.807) is 11.8 Å². The number of amides is 4. The highest BCUT2D eigenvalue weighted by Gasteiger charge is 2.49. The first-order valence-corrected chi connectivity index (χ1v) is 10.5. The maximum atomic E-state index is 13.1. The molecule has 0 aliphatic carbocycles. The lowest BCUT2D eigenvalue weighted by molar-refractivity contribution is -0.139. The van der Waals surface area contributed by atoms with Gasteiger partial charge in [-0.1, -0.05) is 65.8 Å². The Hall–Kier alpha value is -2.37. The molecule has 1 aliphatic heterocycles. The molecule has 0 spiro atoms. The van der Waals surface area contributed by atoms with Gasteiger partial charge in [-0.2, -0.15) is 0 Å². The molecule has 0 aromatic heterocycles. The molecule has 0 radical (unpaired) electrons. The van der Waals surface area contributed by atoms with Crippen LogP contribution in [0.25, 0.3) is 0 Å². The predicted octanol–water partition coefficient (Wildman–Crippen LogP) is 3.72. The van der Waals surface area contributed by atoms with Gasteiger partial charge in [0.25, 0.3) is 5.91 Å². The molecule has 4 amide bonds. The summed E-state index contributed by atoms with van der Waals surface area (Å²) in [5.74, 6) is 0.418. The molecule has 1 atom stereocenters. The van der Waals surface area contributed by atoms with E-state index in [4.69, 9.17) is 0 Å². The molecule has 160 valence electrons. The van der Waals surface area contributed by atoms with E-state index in [9.17, 15) is 14.4 Å². The smallest absolute Gasteiger partial charge is 0.325 e. The lowest BCUT2D eigenvalue weighted by atomic mass is 9.90. The Bertz CT molecular complexity index is 745. The van der Waals surface area contributed by atoms with Crippen LogP contribution in [0.4, 0.5) is 4.79 Å². The van der Waals surface area contributed by atoms with Crippen LogP contribution in [0, 0.1) is 11.8 Å². The van der Waals surface area contributed by atoms with E-state index >= 15 is 0 Å². The topological polar surface area (TPSA) is 69.7 Å². The van der Waals surface area contributed by atoms with Gasteiger partial charge in [0, 0.05) is 13.1 Å². The fraction of sp³-hybridized carbons (Fsp3) is 0.609. The van der Waals surface area contributed by atoms with E-state index in [0.717, 1.165) is 10.5 Å². The van der Waals surface area contributed by atoms with E-state index in [1.807, 2.05) is 52.0 Å². The van der Waals surface area contributed by atoms with Gasteiger partial charge in [0.05, 0.1) is 0 Å². The minimum atomic E-state index is -1.16. The highest BCUT2D eigenvalue weighted by Crippen LogP contribution is 2.30. The standard InChI is InChI=1S/C23H35N3O3/c1-15(2)12-25(13-16(3)4)20(27)14-26-21(28)23(7,24-22(26)29)19-10-8-18(9-11-19)17(5)6/h8-11,15-17H,12-14H2,1-7H3,(H,24,29)/t23-/m0/s1. The van der Waals surface area contributed by atoms with Gasteiger partial charge in [-0.15, -0.1) is 0 Å². The summed E-state index contributed by atoms with van der Waals surface area (Å²) in [4.78, 5) is 41.4. The molecule has 6 heteroatoms. The first kappa shape index (κ1) is 22.9. The van der Waals surface area contributed by atoms with Crippen molar-refractivity contribution in [2.45, 2.75) is 59.9 Å². The quantitative estimate of drug-likeness (QED) is 0.675. The molecule has 1 saturated heterocycles. The second-order valence-electron chi connectivity index (χ2n) is 9.31. The van der Waals surface area contributed by atoms with Crippen molar-refractivity contribution in [2.24, 2.45) is 11.8 Å². The van der Waals surface area contributed by atoms with Gasteiger partial charge in [-0.05, 0) is 35.8 Å². The number of carbonyl (C=O) groups excluding carboxylic acids is 3. The number of nitrogens with one attached hydrogen (secondary N) is 1. The number of carbonyl (C=O) groups is 3. The molecule has 1 aliphatic rings. The second kappa shape index (κ2) is 8.97. The number of imide groups is 1. The Kier molecular flexibility index (Phi) is 7.09. The van der Waals surface area contributed by atoms with Gasteiger partial charge in [0.2, 0.25) is 5.91 Å². The number of nitrogens with zero attached hydrogens (tertiary/aromatic N) is 2. The summed E-state index contributed by atoms with van der Waals surface area (Å²) in [6, 6.07) is 7.19. The molecule has 1 N–H and O–H groups in total. The molecular formula is C23H35N3O3. The Morgan fingerprint density at radius 1 is 1.00 bits per heavy atom. The van der Waals surface area contributed by atoms with E-state index in [1.165, 1.54) is 5.56 Å². The van der Waals surface area contributed by atoms with Crippen molar-refractivity contribution in [3.8, 4) is 0 Å². The summed E-state index contributed by atoms with van der Waals surface area (Å²) >= 11 is 0. The number of benzene rings is 1. The largest absolute Gasteiger partial charge is 0.341 e. The summed E-state index contributed by atoms with van der Waals surface area (Å²) in [5, 5.41) is 2.79. The highest BCUT2D eigenvalue weighted by molar-refractivity contribution is 6.09. The summed E-state index contributed by atoms with van der Waals surface area (Å²) in [6.45, 7) is 15.1. The summed E-state index contributed by atoms with van der Waals surface area (Å²) in [6.07, 6.45) is 0. The third kappa shape index (κ3) is 5.17. The molecule has 0 bridgehead atoms. The van der Waals surface area contributed by atoms with Crippen molar-refractivity contribution < 1.29 is 14.4 Å². The van der Waals surface area contributed by atoms with Crippen LogP contribution >= 0.6 is 0 Å². The van der Waals surface area contributed by atoms with Gasteiger partial charge in [0.15, 0.2) is 0 Å². The Morgan fingerprint density at radius 2 is 1.52 bits per heavy atom. The Labute approximate surface area is 174 Å². The van der Waals surface area contributed by atoms with Crippen LogP contribution < -0.4 is 5.32 Å². The van der Waals surface area contributed by atoms with Gasteiger partial charge in [-0.25, -0.2) is 4.79 Å². The van der Waals surface area contributed by atoms with Gasteiger partial charge >= 0.3 is 6.03 Å². The van der Waals surface area contributed by atoms with E-state index in [0.29, 0.717) is 30.8 Å². The normalized spacial score (nSPS) is 19.4. The fourth-order valence-electron chi connectivity index (χ4n) is 3.63. The summed E-state index contributed by atoms with van der Waals surface area (Å²) in [5.41, 5.74) is 0.726. The zero-order valence-electron chi connectivity index (χ0n) is 18.8. The monoisotopic (exact) mass is 401 g/mol. The summed E-state index contributed by atoms with van der Waals surface area (Å²) in [7, 11) is 0. The zero-order valence-corrected chi connectivity index (χ0v) is 18.8. The maximum absolute atomic E-state index is 13.1. The van der Waals surface area contributed by atoms with Crippen LogP contribution in [-0.2, 0) is 15.1 Å². The fourth-order valence-corrected chi connectivity index (χ4v) is 3.63. The van der Waals surface area contributed by atoms with Gasteiger partial charge in [0.1, 0.15) is 12.1 Å². The van der Waals surface area contributed by atoms with Crippen molar-refractivity contribution in [3.05, 3.63) is 35.4 Å². The first-order chi connectivity index (χ1) is 13.5. The van der Waals surface area contributed by atoms with Crippen LogP contribution in [0.2, 0.25) is 0 Å². The molecule has 29 heavy (non-hydrogen) atoms. The number of hydrogen-bond acceptors (Lipinski definition) is 3. The van der Waals surface area contributed by atoms with E-state index < -0.39 is 11.6 Å². The Morgan fingerprint density at radius 3 is 1.97 bits per heavy atom. The van der Waals surface area contributed by atoms with E-state index in [2.05, 4.69) is 19.2 Å². The van der Waals surface area contributed by atoms with Gasteiger partial charge < -0.3 is 10.2 Å². The molecule has 1 aromatic rings. The predicted molar refractivity (Wildman–Crippen MR) is 114 cm³/mol. The van der Waals surface area contributed by atoms with E-state index in [-0.39, 0.29) is 18.4 Å². The van der Waals surface area contributed by atoms with Crippen molar-refractivity contribution in [1.82, 2.24) is 15.1 Å². The summed E-state index contributed by atoms with van der Waals surface area (Å²) < 4.78 is 0. The number of rotatable bonds is 8. The average molecular weight is 402 g/mol. The zero-order chi connectivity index (χ0) is 21.9. The third-order valence-electron chi connectivity index (χ3n) is 5.25. The van der Waals surface area contributed by atoms with Crippen LogP contribution in [0.5, 0.6) is 0 Å². The SMILES string of the molecule is CC(C)CN(CC(C)C)C(=O)CN1C(=O)N[C@@](C)(c2ccc(C(C)C)cc2)C1=O. The van der Waals surface area contributed by atoms with Crippen molar-refractivity contribution in [2.75, 3.05) is 19.6 Å². The minimum Gasteiger partial charge on any atom is -0.341 e. The van der Waals surface area contributed by atoms with Crippen molar-refractivity contribution >= 4 is 17.8 Å².